The normalized spacial score (nSPS) is 11.9. The highest BCUT2D eigenvalue weighted by Crippen LogP contribution is 2.17. The third-order valence-corrected chi connectivity index (χ3v) is 3.57. The molecule has 1 unspecified atom stereocenters. The lowest BCUT2D eigenvalue weighted by molar-refractivity contribution is -0.142. The van der Waals surface area contributed by atoms with Gasteiger partial charge >= 0.3 is 5.97 Å². The molecule has 0 heterocycles. The Labute approximate surface area is 112 Å². The molecule has 2 N–H and O–H groups in total. The molecule has 0 radical (unpaired) electrons. The minimum absolute atomic E-state index is 0.347. The van der Waals surface area contributed by atoms with Gasteiger partial charge in [0.05, 0.1) is 14.2 Å². The number of hydrogen-bond acceptors (Lipinski definition) is 5. The van der Waals surface area contributed by atoms with Crippen LogP contribution >= 0.6 is 11.8 Å². The Kier molecular flexibility index (Phi) is 6.60. The van der Waals surface area contributed by atoms with Crippen LogP contribution in [0.1, 0.15) is 12.0 Å². The molecule has 0 aliphatic carbocycles. The van der Waals surface area contributed by atoms with Crippen molar-refractivity contribution in [1.29, 1.82) is 0 Å². The fraction of sp³-hybridized carbons (Fsp3) is 0.462. The van der Waals surface area contributed by atoms with Gasteiger partial charge in [-0.3, -0.25) is 4.79 Å². The van der Waals surface area contributed by atoms with E-state index in [1.54, 1.807) is 18.9 Å². The molecule has 0 spiro atoms. The molecule has 4 nitrogen and oxygen atoms in total. The Morgan fingerprint density at radius 1 is 1.33 bits per heavy atom. The fourth-order valence-corrected chi connectivity index (χ4v) is 2.38. The molecular formula is C13H19NO3S. The largest absolute Gasteiger partial charge is 0.497 e. The SMILES string of the molecule is COC(=O)C(N)CCSCc1ccc(OC)cc1. The quantitative estimate of drug-likeness (QED) is 0.604. The van der Waals surface area contributed by atoms with Gasteiger partial charge in [0.2, 0.25) is 0 Å². The standard InChI is InChI=1S/C13H19NO3S/c1-16-11-5-3-10(4-6-11)9-18-8-7-12(14)13(15)17-2/h3-6,12H,7-9,14H2,1-2H3. The topological polar surface area (TPSA) is 61.5 Å². The molecule has 0 amide bonds. The monoisotopic (exact) mass is 269 g/mol. The highest BCUT2D eigenvalue weighted by atomic mass is 32.2. The van der Waals surface area contributed by atoms with Crippen LogP contribution in [0.25, 0.3) is 0 Å². The van der Waals surface area contributed by atoms with E-state index in [-0.39, 0.29) is 5.97 Å². The lowest BCUT2D eigenvalue weighted by Gasteiger charge is -2.08. The van der Waals surface area contributed by atoms with E-state index < -0.39 is 6.04 Å². The highest BCUT2D eigenvalue weighted by molar-refractivity contribution is 7.98. The first-order valence-electron chi connectivity index (χ1n) is 5.71. The van der Waals surface area contributed by atoms with Crippen LogP contribution in [-0.2, 0) is 15.3 Å². The van der Waals surface area contributed by atoms with Crippen LogP contribution in [0.5, 0.6) is 5.75 Å². The van der Waals surface area contributed by atoms with Gasteiger partial charge in [-0.15, -0.1) is 0 Å². The molecule has 5 heteroatoms. The second-order valence-electron chi connectivity index (χ2n) is 3.82. The summed E-state index contributed by atoms with van der Waals surface area (Å²) in [6.45, 7) is 0. The van der Waals surface area contributed by atoms with Crippen molar-refractivity contribution in [2.75, 3.05) is 20.0 Å². The Morgan fingerprint density at radius 3 is 2.56 bits per heavy atom. The third kappa shape index (κ3) is 4.98. The maximum atomic E-state index is 11.1. The van der Waals surface area contributed by atoms with E-state index in [1.807, 2.05) is 24.3 Å². The summed E-state index contributed by atoms with van der Waals surface area (Å²) in [7, 11) is 3.00. The minimum Gasteiger partial charge on any atom is -0.497 e. The van der Waals surface area contributed by atoms with Crippen molar-refractivity contribution in [2.24, 2.45) is 5.73 Å². The van der Waals surface area contributed by atoms with Gasteiger partial charge in [0.15, 0.2) is 0 Å². The van der Waals surface area contributed by atoms with Gasteiger partial charge in [0.1, 0.15) is 11.8 Å². The first-order chi connectivity index (χ1) is 8.67. The zero-order valence-electron chi connectivity index (χ0n) is 10.7. The predicted molar refractivity (Wildman–Crippen MR) is 73.8 cm³/mol. The average molecular weight is 269 g/mol. The first-order valence-corrected chi connectivity index (χ1v) is 6.87. The number of ether oxygens (including phenoxy) is 2. The minimum atomic E-state index is -0.515. The Bertz CT molecular complexity index is 367. The van der Waals surface area contributed by atoms with Crippen LogP contribution in [0.3, 0.4) is 0 Å². The van der Waals surface area contributed by atoms with Crippen LogP contribution < -0.4 is 10.5 Å². The predicted octanol–water partition coefficient (Wildman–Crippen LogP) is 1.82. The number of methoxy groups -OCH3 is 2. The smallest absolute Gasteiger partial charge is 0.322 e. The Hall–Kier alpha value is -1.20. The molecule has 1 aromatic carbocycles. The van der Waals surface area contributed by atoms with Gasteiger partial charge < -0.3 is 15.2 Å². The van der Waals surface area contributed by atoms with Crippen LogP contribution in [0, 0.1) is 0 Å². The Balaban J connectivity index is 2.23. The fourth-order valence-electron chi connectivity index (χ4n) is 1.39. The van der Waals surface area contributed by atoms with E-state index >= 15 is 0 Å². The highest BCUT2D eigenvalue weighted by Gasteiger charge is 2.12. The van der Waals surface area contributed by atoms with E-state index in [0.29, 0.717) is 6.42 Å². The van der Waals surface area contributed by atoms with E-state index in [9.17, 15) is 4.79 Å². The van der Waals surface area contributed by atoms with Crippen molar-refractivity contribution in [3.05, 3.63) is 29.8 Å². The zero-order chi connectivity index (χ0) is 13.4. The van der Waals surface area contributed by atoms with Gasteiger partial charge in [-0.25, -0.2) is 0 Å². The summed E-state index contributed by atoms with van der Waals surface area (Å²) in [4.78, 5) is 11.1. The van der Waals surface area contributed by atoms with Crippen LogP contribution in [-0.4, -0.2) is 32.0 Å². The number of thioether (sulfide) groups is 1. The van der Waals surface area contributed by atoms with Crippen molar-refractivity contribution in [2.45, 2.75) is 18.2 Å². The van der Waals surface area contributed by atoms with E-state index in [4.69, 9.17) is 10.5 Å². The van der Waals surface area contributed by atoms with Crippen molar-refractivity contribution >= 4 is 17.7 Å². The molecule has 0 fully saturated rings. The van der Waals surface area contributed by atoms with Gasteiger partial charge in [0, 0.05) is 5.75 Å². The molecule has 0 saturated heterocycles. The van der Waals surface area contributed by atoms with Gasteiger partial charge in [0.25, 0.3) is 0 Å². The van der Waals surface area contributed by atoms with Gasteiger partial charge in [-0.05, 0) is 29.9 Å². The molecule has 1 atom stereocenters. The molecule has 0 aromatic heterocycles. The summed E-state index contributed by atoms with van der Waals surface area (Å²) in [6, 6.07) is 7.43. The van der Waals surface area contributed by atoms with Crippen molar-refractivity contribution in [3.63, 3.8) is 0 Å². The summed E-state index contributed by atoms with van der Waals surface area (Å²) in [5.41, 5.74) is 6.87. The number of hydrogen-bond donors (Lipinski definition) is 1. The van der Waals surface area contributed by atoms with E-state index in [0.717, 1.165) is 17.3 Å². The molecule has 1 aromatic rings. The molecule has 1 rings (SSSR count). The number of esters is 1. The Morgan fingerprint density at radius 2 is 2.00 bits per heavy atom. The zero-order valence-corrected chi connectivity index (χ0v) is 11.5. The molecule has 0 aliphatic heterocycles. The number of nitrogens with two attached hydrogens (primary N) is 1. The molecular weight excluding hydrogens is 250 g/mol. The average Bonchev–Trinajstić information content (AvgIpc) is 2.43. The summed E-state index contributed by atoms with van der Waals surface area (Å²) in [6.07, 6.45) is 0.632. The summed E-state index contributed by atoms with van der Waals surface area (Å²) in [5.74, 6) is 2.25. The maximum Gasteiger partial charge on any atom is 0.322 e. The maximum absolute atomic E-state index is 11.1. The summed E-state index contributed by atoms with van der Waals surface area (Å²) in [5, 5.41) is 0. The molecule has 0 bridgehead atoms. The number of carbonyl (C=O) groups is 1. The lowest BCUT2D eigenvalue weighted by Crippen LogP contribution is -2.31. The second kappa shape index (κ2) is 8.00. The molecule has 18 heavy (non-hydrogen) atoms. The summed E-state index contributed by atoms with van der Waals surface area (Å²) < 4.78 is 9.66. The van der Waals surface area contributed by atoms with E-state index in [1.165, 1.54) is 12.7 Å². The number of rotatable bonds is 7. The van der Waals surface area contributed by atoms with Crippen molar-refractivity contribution < 1.29 is 14.3 Å². The van der Waals surface area contributed by atoms with Crippen molar-refractivity contribution in [3.8, 4) is 5.75 Å². The van der Waals surface area contributed by atoms with Gasteiger partial charge in [-0.1, -0.05) is 12.1 Å². The molecule has 0 saturated carbocycles. The van der Waals surface area contributed by atoms with Crippen LogP contribution in [0.2, 0.25) is 0 Å². The number of carbonyl (C=O) groups excluding carboxylic acids is 1. The van der Waals surface area contributed by atoms with Gasteiger partial charge in [-0.2, -0.15) is 11.8 Å². The molecule has 100 valence electrons. The van der Waals surface area contributed by atoms with Crippen molar-refractivity contribution in [1.82, 2.24) is 0 Å². The van der Waals surface area contributed by atoms with E-state index in [2.05, 4.69) is 4.74 Å². The first kappa shape index (κ1) is 14.9. The number of benzene rings is 1. The van der Waals surface area contributed by atoms with Crippen LogP contribution in [0.4, 0.5) is 0 Å². The lowest BCUT2D eigenvalue weighted by atomic mass is 10.2. The van der Waals surface area contributed by atoms with Crippen LogP contribution in [0.15, 0.2) is 24.3 Å². The third-order valence-electron chi connectivity index (χ3n) is 2.50. The molecule has 0 aliphatic rings. The second-order valence-corrected chi connectivity index (χ2v) is 4.92. The summed E-state index contributed by atoms with van der Waals surface area (Å²) >= 11 is 1.75.